The summed E-state index contributed by atoms with van der Waals surface area (Å²) in [6.07, 6.45) is 1.23. The summed E-state index contributed by atoms with van der Waals surface area (Å²) in [5.74, 6) is 0.710. The minimum absolute atomic E-state index is 0.274. The van der Waals surface area contributed by atoms with Crippen LogP contribution in [-0.4, -0.2) is 12.6 Å². The van der Waals surface area contributed by atoms with Crippen molar-refractivity contribution < 1.29 is 0 Å². The fourth-order valence-corrected chi connectivity index (χ4v) is 2.63. The van der Waals surface area contributed by atoms with Crippen molar-refractivity contribution in [2.24, 2.45) is 5.92 Å². The Labute approximate surface area is 114 Å². The maximum Gasteiger partial charge on any atom is 0.0595 e. The molecule has 1 fully saturated rings. The third kappa shape index (κ3) is 2.78. The number of hydrogen-bond donors (Lipinski definition) is 1. The highest BCUT2D eigenvalue weighted by molar-refractivity contribution is 6.42. The average molecular weight is 272 g/mol. The third-order valence-electron chi connectivity index (χ3n) is 3.76. The van der Waals surface area contributed by atoms with Crippen molar-refractivity contribution in [3.63, 3.8) is 0 Å². The van der Waals surface area contributed by atoms with Gasteiger partial charge in [0.2, 0.25) is 0 Å². The molecule has 1 aromatic rings. The second-order valence-corrected chi connectivity index (χ2v) is 6.32. The van der Waals surface area contributed by atoms with Crippen LogP contribution >= 0.6 is 23.2 Å². The predicted octanol–water partition coefficient (Wildman–Crippen LogP) is 4.27. The third-order valence-corrected chi connectivity index (χ3v) is 4.50. The zero-order chi connectivity index (χ0) is 12.6. The van der Waals surface area contributed by atoms with Gasteiger partial charge in [-0.25, -0.2) is 0 Å². The van der Waals surface area contributed by atoms with Crippen LogP contribution in [0.1, 0.15) is 32.8 Å². The van der Waals surface area contributed by atoms with Gasteiger partial charge in [0, 0.05) is 6.04 Å². The molecular weight excluding hydrogens is 253 g/mol. The normalized spacial score (nSPS) is 27.5. The zero-order valence-corrected chi connectivity index (χ0v) is 12.1. The maximum atomic E-state index is 6.08. The van der Waals surface area contributed by atoms with Crippen LogP contribution in [0.3, 0.4) is 0 Å². The van der Waals surface area contributed by atoms with Crippen LogP contribution in [0.25, 0.3) is 0 Å². The highest BCUT2D eigenvalue weighted by Crippen LogP contribution is 2.54. The molecule has 1 aliphatic rings. The van der Waals surface area contributed by atoms with Gasteiger partial charge >= 0.3 is 0 Å². The Balaban J connectivity index is 2.05. The highest BCUT2D eigenvalue weighted by Gasteiger charge is 2.50. The van der Waals surface area contributed by atoms with Crippen LogP contribution in [0.2, 0.25) is 10.0 Å². The summed E-state index contributed by atoms with van der Waals surface area (Å²) in [5, 5.41) is 4.80. The summed E-state index contributed by atoms with van der Waals surface area (Å²) in [6.45, 7) is 7.74. The Morgan fingerprint density at radius 3 is 2.65 bits per heavy atom. The van der Waals surface area contributed by atoms with E-state index in [1.54, 1.807) is 0 Å². The first-order valence-electron chi connectivity index (χ1n) is 6.12. The van der Waals surface area contributed by atoms with Crippen LogP contribution in [-0.2, 0) is 5.41 Å². The van der Waals surface area contributed by atoms with E-state index in [0.717, 1.165) is 6.54 Å². The fraction of sp³-hybridized carbons (Fsp3) is 0.571. The van der Waals surface area contributed by atoms with Gasteiger partial charge in [-0.3, -0.25) is 0 Å². The van der Waals surface area contributed by atoms with Crippen molar-refractivity contribution in [2.45, 2.75) is 38.6 Å². The number of halogens is 2. The molecule has 0 aromatic heterocycles. The average Bonchev–Trinajstić information content (AvgIpc) is 2.92. The molecule has 2 atom stereocenters. The molecule has 1 nitrogen and oxygen atoms in total. The first-order chi connectivity index (χ1) is 7.93. The minimum atomic E-state index is 0.274. The number of hydrogen-bond acceptors (Lipinski definition) is 1. The van der Waals surface area contributed by atoms with E-state index in [-0.39, 0.29) is 5.41 Å². The number of benzene rings is 1. The predicted molar refractivity (Wildman–Crippen MR) is 75.1 cm³/mol. The molecular formula is C14H19Cl2N. The van der Waals surface area contributed by atoms with Crippen molar-refractivity contribution in [1.29, 1.82) is 0 Å². The molecule has 2 rings (SSSR count). The van der Waals surface area contributed by atoms with E-state index in [2.05, 4.69) is 32.2 Å². The molecule has 1 aliphatic carbocycles. The molecule has 2 unspecified atom stereocenters. The van der Waals surface area contributed by atoms with Gasteiger partial charge in [0.15, 0.2) is 0 Å². The fourth-order valence-electron chi connectivity index (χ4n) is 2.33. The highest BCUT2D eigenvalue weighted by atomic mass is 35.5. The molecule has 17 heavy (non-hydrogen) atoms. The van der Waals surface area contributed by atoms with E-state index < -0.39 is 0 Å². The van der Waals surface area contributed by atoms with Crippen LogP contribution in [0, 0.1) is 5.92 Å². The van der Waals surface area contributed by atoms with Crippen LogP contribution in [0.15, 0.2) is 18.2 Å². The van der Waals surface area contributed by atoms with Gasteiger partial charge in [-0.15, -0.1) is 0 Å². The molecule has 0 spiro atoms. The van der Waals surface area contributed by atoms with E-state index >= 15 is 0 Å². The molecule has 0 bridgehead atoms. The van der Waals surface area contributed by atoms with E-state index in [1.165, 1.54) is 12.0 Å². The molecule has 3 heteroatoms. The lowest BCUT2D eigenvalue weighted by molar-refractivity contribution is 0.528. The second-order valence-electron chi connectivity index (χ2n) is 5.51. The van der Waals surface area contributed by atoms with Crippen LogP contribution in [0.5, 0.6) is 0 Å². The van der Waals surface area contributed by atoms with Crippen LogP contribution < -0.4 is 5.32 Å². The monoisotopic (exact) mass is 271 g/mol. The van der Waals surface area contributed by atoms with Gasteiger partial charge in [-0.2, -0.15) is 0 Å². The largest absolute Gasteiger partial charge is 0.314 e. The molecule has 0 saturated heterocycles. The smallest absolute Gasteiger partial charge is 0.0595 e. The SMILES string of the molecule is CC(C)NCC1CC1(C)c1ccc(Cl)c(Cl)c1. The standard InChI is InChI=1S/C14H19Cl2N/c1-9(2)17-8-11-7-14(11,3)10-4-5-12(15)13(16)6-10/h4-6,9,11,17H,7-8H2,1-3H3. The molecule has 0 radical (unpaired) electrons. The quantitative estimate of drug-likeness (QED) is 0.863. The summed E-state index contributed by atoms with van der Waals surface area (Å²) in [7, 11) is 0. The van der Waals surface area contributed by atoms with Gasteiger partial charge in [0.1, 0.15) is 0 Å². The molecule has 0 amide bonds. The van der Waals surface area contributed by atoms with Gasteiger partial charge in [0.05, 0.1) is 10.0 Å². The Hall–Kier alpha value is -0.240. The topological polar surface area (TPSA) is 12.0 Å². The van der Waals surface area contributed by atoms with Gasteiger partial charge in [0.25, 0.3) is 0 Å². The molecule has 1 saturated carbocycles. The summed E-state index contributed by atoms with van der Waals surface area (Å²) in [5.41, 5.74) is 1.58. The second kappa shape index (κ2) is 4.79. The first kappa shape index (κ1) is 13.2. The van der Waals surface area contributed by atoms with Gasteiger partial charge in [-0.1, -0.05) is 50.0 Å². The zero-order valence-electron chi connectivity index (χ0n) is 10.6. The maximum absolute atomic E-state index is 6.08. The molecule has 1 N–H and O–H groups in total. The summed E-state index contributed by atoms with van der Waals surface area (Å²) >= 11 is 12.0. The van der Waals surface area contributed by atoms with E-state index in [4.69, 9.17) is 23.2 Å². The Morgan fingerprint density at radius 1 is 1.35 bits per heavy atom. The number of rotatable bonds is 4. The Morgan fingerprint density at radius 2 is 2.06 bits per heavy atom. The van der Waals surface area contributed by atoms with Crippen molar-refractivity contribution >= 4 is 23.2 Å². The Bertz CT molecular complexity index is 417. The van der Waals surface area contributed by atoms with Crippen molar-refractivity contribution in [3.8, 4) is 0 Å². The molecule has 0 heterocycles. The summed E-state index contributed by atoms with van der Waals surface area (Å²) in [4.78, 5) is 0. The summed E-state index contributed by atoms with van der Waals surface area (Å²) in [6, 6.07) is 6.56. The lowest BCUT2D eigenvalue weighted by Gasteiger charge is -2.14. The van der Waals surface area contributed by atoms with E-state index in [9.17, 15) is 0 Å². The first-order valence-corrected chi connectivity index (χ1v) is 6.88. The van der Waals surface area contributed by atoms with Crippen molar-refractivity contribution in [2.75, 3.05) is 6.54 Å². The Kier molecular flexibility index (Phi) is 3.72. The molecule has 94 valence electrons. The molecule has 1 aromatic carbocycles. The lowest BCUT2D eigenvalue weighted by atomic mass is 9.95. The minimum Gasteiger partial charge on any atom is -0.314 e. The number of nitrogens with one attached hydrogen (secondary N) is 1. The summed E-state index contributed by atoms with van der Waals surface area (Å²) < 4.78 is 0. The lowest BCUT2D eigenvalue weighted by Crippen LogP contribution is -2.26. The van der Waals surface area contributed by atoms with Crippen molar-refractivity contribution in [1.82, 2.24) is 5.32 Å². The van der Waals surface area contributed by atoms with Crippen LogP contribution in [0.4, 0.5) is 0 Å². The van der Waals surface area contributed by atoms with E-state index in [0.29, 0.717) is 22.0 Å². The van der Waals surface area contributed by atoms with Crippen molar-refractivity contribution in [3.05, 3.63) is 33.8 Å². The molecule has 0 aliphatic heterocycles. The van der Waals surface area contributed by atoms with E-state index in [1.807, 2.05) is 12.1 Å². The van der Waals surface area contributed by atoms with Gasteiger partial charge < -0.3 is 5.32 Å². The van der Waals surface area contributed by atoms with Gasteiger partial charge in [-0.05, 0) is 42.0 Å².